The molecule has 3 unspecified atom stereocenters. The lowest BCUT2D eigenvalue weighted by Gasteiger charge is -2.20. The zero-order valence-electron chi connectivity index (χ0n) is 11.6. The molecule has 116 valence electrons. The van der Waals surface area contributed by atoms with Crippen LogP contribution < -0.4 is 20.9 Å². The Labute approximate surface area is 122 Å². The van der Waals surface area contributed by atoms with Crippen molar-refractivity contribution in [2.45, 2.75) is 18.3 Å². The van der Waals surface area contributed by atoms with E-state index in [0.717, 1.165) is 12.1 Å². The van der Waals surface area contributed by atoms with Crippen molar-refractivity contribution < 1.29 is 17.6 Å². The van der Waals surface area contributed by atoms with Crippen LogP contribution in [0.3, 0.4) is 0 Å². The Hall–Kier alpha value is -1.71. The molecule has 0 saturated carbocycles. The van der Waals surface area contributed by atoms with Crippen molar-refractivity contribution in [3.05, 3.63) is 30.1 Å². The van der Waals surface area contributed by atoms with E-state index in [0.29, 0.717) is 0 Å². The van der Waals surface area contributed by atoms with Gasteiger partial charge in [-0.25, -0.2) is 18.2 Å². The summed E-state index contributed by atoms with van der Waals surface area (Å²) in [6, 6.07) is 4.58. The first-order valence-corrected chi connectivity index (χ1v) is 7.89. The summed E-state index contributed by atoms with van der Waals surface area (Å²) < 4.78 is 39.9. The van der Waals surface area contributed by atoms with Gasteiger partial charge in [-0.05, 0) is 31.2 Å². The maximum Gasteiger partial charge on any atom is 0.250 e. The SMILES string of the molecule is CNC(=O)C1C(C)NNC1S(=O)(=O)Nc1ccc(F)cc1. The second kappa shape index (κ2) is 5.96. The van der Waals surface area contributed by atoms with Crippen molar-refractivity contribution in [2.24, 2.45) is 5.92 Å². The summed E-state index contributed by atoms with van der Waals surface area (Å²) in [6.45, 7) is 1.71. The quantitative estimate of drug-likeness (QED) is 0.614. The third kappa shape index (κ3) is 3.31. The predicted octanol–water partition coefficient (Wildman–Crippen LogP) is -0.248. The van der Waals surface area contributed by atoms with E-state index < -0.39 is 27.1 Å². The molecule has 9 heteroatoms. The maximum absolute atomic E-state index is 12.8. The minimum Gasteiger partial charge on any atom is -0.359 e. The molecule has 1 aromatic rings. The van der Waals surface area contributed by atoms with Gasteiger partial charge in [-0.1, -0.05) is 0 Å². The summed E-state index contributed by atoms with van der Waals surface area (Å²) in [5, 5.41) is 1.32. The van der Waals surface area contributed by atoms with Gasteiger partial charge in [0.05, 0.1) is 5.92 Å². The summed E-state index contributed by atoms with van der Waals surface area (Å²) in [4.78, 5) is 11.8. The number of carbonyl (C=O) groups is 1. The van der Waals surface area contributed by atoms with Gasteiger partial charge in [0.15, 0.2) is 5.37 Å². The van der Waals surface area contributed by atoms with Gasteiger partial charge in [0, 0.05) is 18.8 Å². The number of hydrogen-bond donors (Lipinski definition) is 4. The van der Waals surface area contributed by atoms with Crippen LogP contribution in [0.4, 0.5) is 10.1 Å². The molecule has 1 amide bonds. The molecule has 0 spiro atoms. The van der Waals surface area contributed by atoms with E-state index in [4.69, 9.17) is 0 Å². The van der Waals surface area contributed by atoms with Crippen LogP contribution in [0.5, 0.6) is 0 Å². The number of anilines is 1. The van der Waals surface area contributed by atoms with Gasteiger partial charge in [0.25, 0.3) is 10.0 Å². The second-order valence-corrected chi connectivity index (χ2v) is 6.59. The van der Waals surface area contributed by atoms with E-state index in [-0.39, 0.29) is 17.6 Å². The van der Waals surface area contributed by atoms with Gasteiger partial charge in [-0.15, -0.1) is 0 Å². The Bertz CT molecular complexity index is 620. The fraction of sp³-hybridized carbons (Fsp3) is 0.417. The maximum atomic E-state index is 12.8. The van der Waals surface area contributed by atoms with Gasteiger partial charge < -0.3 is 5.32 Å². The highest BCUT2D eigenvalue weighted by Gasteiger charge is 2.45. The Kier molecular flexibility index (Phi) is 4.45. The van der Waals surface area contributed by atoms with Crippen LogP contribution in [-0.2, 0) is 14.8 Å². The molecule has 1 heterocycles. The lowest BCUT2D eigenvalue weighted by Crippen LogP contribution is -2.46. The van der Waals surface area contributed by atoms with Crippen LogP contribution in [0.1, 0.15) is 6.92 Å². The Morgan fingerprint density at radius 3 is 2.43 bits per heavy atom. The molecule has 0 bridgehead atoms. The predicted molar refractivity (Wildman–Crippen MR) is 76.0 cm³/mol. The molecule has 2 rings (SSSR count). The minimum atomic E-state index is -3.87. The molecule has 1 fully saturated rings. The second-order valence-electron chi connectivity index (χ2n) is 4.79. The third-order valence-corrected chi connectivity index (χ3v) is 4.91. The summed E-state index contributed by atoms with van der Waals surface area (Å²) in [6.07, 6.45) is 0. The van der Waals surface area contributed by atoms with E-state index in [1.54, 1.807) is 6.92 Å². The molecule has 0 aliphatic carbocycles. The van der Waals surface area contributed by atoms with Crippen molar-refractivity contribution >= 4 is 21.6 Å². The van der Waals surface area contributed by atoms with Crippen LogP contribution in [0.15, 0.2) is 24.3 Å². The van der Waals surface area contributed by atoms with Gasteiger partial charge in [0.2, 0.25) is 5.91 Å². The van der Waals surface area contributed by atoms with Crippen LogP contribution in [0.2, 0.25) is 0 Å². The number of carbonyl (C=O) groups excluding carboxylic acids is 1. The Morgan fingerprint density at radius 2 is 1.86 bits per heavy atom. The average Bonchev–Trinajstić information content (AvgIpc) is 2.83. The smallest absolute Gasteiger partial charge is 0.250 e. The minimum absolute atomic E-state index is 0.230. The topological polar surface area (TPSA) is 99.3 Å². The average molecular weight is 316 g/mol. The number of amides is 1. The molecule has 1 aromatic carbocycles. The van der Waals surface area contributed by atoms with Crippen molar-refractivity contribution in [1.29, 1.82) is 0 Å². The first-order valence-electron chi connectivity index (χ1n) is 6.35. The molecule has 4 N–H and O–H groups in total. The molecule has 1 saturated heterocycles. The van der Waals surface area contributed by atoms with E-state index in [2.05, 4.69) is 20.9 Å². The van der Waals surface area contributed by atoms with E-state index in [1.807, 2.05) is 0 Å². The fourth-order valence-electron chi connectivity index (χ4n) is 2.20. The summed E-state index contributed by atoms with van der Waals surface area (Å²) in [5.41, 5.74) is 5.58. The van der Waals surface area contributed by atoms with Crippen molar-refractivity contribution in [1.82, 2.24) is 16.2 Å². The Balaban J connectivity index is 2.22. The number of sulfonamides is 1. The van der Waals surface area contributed by atoms with Crippen molar-refractivity contribution in [3.8, 4) is 0 Å². The third-order valence-electron chi connectivity index (χ3n) is 3.31. The molecule has 7 nitrogen and oxygen atoms in total. The molecule has 1 aliphatic rings. The lowest BCUT2D eigenvalue weighted by molar-refractivity contribution is -0.124. The normalized spacial score (nSPS) is 25.6. The van der Waals surface area contributed by atoms with Crippen LogP contribution in [0, 0.1) is 11.7 Å². The first kappa shape index (κ1) is 15.7. The van der Waals surface area contributed by atoms with Gasteiger partial charge >= 0.3 is 0 Å². The van der Waals surface area contributed by atoms with Crippen LogP contribution >= 0.6 is 0 Å². The number of benzene rings is 1. The van der Waals surface area contributed by atoms with Gasteiger partial charge in [-0.3, -0.25) is 14.9 Å². The molecular weight excluding hydrogens is 299 g/mol. The Morgan fingerprint density at radius 1 is 1.24 bits per heavy atom. The monoisotopic (exact) mass is 316 g/mol. The van der Waals surface area contributed by atoms with Crippen molar-refractivity contribution in [3.63, 3.8) is 0 Å². The zero-order valence-corrected chi connectivity index (χ0v) is 12.4. The van der Waals surface area contributed by atoms with E-state index >= 15 is 0 Å². The molecule has 0 aromatic heterocycles. The molecular formula is C12H17FN4O3S. The van der Waals surface area contributed by atoms with Gasteiger partial charge in [0.1, 0.15) is 5.82 Å². The summed E-state index contributed by atoms with van der Waals surface area (Å²) >= 11 is 0. The number of hydrogen-bond acceptors (Lipinski definition) is 5. The number of nitrogens with one attached hydrogen (secondary N) is 4. The largest absolute Gasteiger partial charge is 0.359 e. The molecule has 1 aliphatic heterocycles. The van der Waals surface area contributed by atoms with E-state index in [9.17, 15) is 17.6 Å². The summed E-state index contributed by atoms with van der Waals surface area (Å²) in [5.74, 6) is -1.63. The number of halogens is 1. The lowest BCUT2D eigenvalue weighted by atomic mass is 10.0. The fourth-order valence-corrected chi connectivity index (χ4v) is 3.76. The first-order chi connectivity index (χ1) is 9.85. The summed E-state index contributed by atoms with van der Waals surface area (Å²) in [7, 11) is -2.42. The standard InChI is InChI=1S/C12H17FN4O3S/c1-7-10(11(18)14-2)12(16-15-7)21(19,20)17-9-5-3-8(13)4-6-9/h3-7,10,12,15-17H,1-2H3,(H,14,18). The number of rotatable bonds is 4. The van der Waals surface area contributed by atoms with Gasteiger partial charge in [-0.2, -0.15) is 0 Å². The highest BCUT2D eigenvalue weighted by molar-refractivity contribution is 7.93. The van der Waals surface area contributed by atoms with Crippen LogP contribution in [0.25, 0.3) is 0 Å². The highest BCUT2D eigenvalue weighted by atomic mass is 32.2. The van der Waals surface area contributed by atoms with E-state index in [1.165, 1.54) is 19.2 Å². The molecule has 21 heavy (non-hydrogen) atoms. The highest BCUT2D eigenvalue weighted by Crippen LogP contribution is 2.22. The molecule has 3 atom stereocenters. The molecule has 0 radical (unpaired) electrons. The van der Waals surface area contributed by atoms with Crippen molar-refractivity contribution in [2.75, 3.05) is 11.8 Å². The number of hydrazine groups is 1. The van der Waals surface area contributed by atoms with Crippen LogP contribution in [-0.4, -0.2) is 32.8 Å². The zero-order chi connectivity index (χ0) is 15.6.